The standard InChI is InChI=1S/C12H8F4N2O/c13-9-6-7(3-4-10(9)17)19-11-8(12(14,15)16)2-1-5-18-11/h1-6H,17H2. The monoisotopic (exact) mass is 272 g/mol. The van der Waals surface area contributed by atoms with Crippen LogP contribution in [0.15, 0.2) is 36.5 Å². The second-order valence-electron chi connectivity index (χ2n) is 3.64. The molecule has 0 amide bonds. The maximum atomic E-state index is 13.2. The van der Waals surface area contributed by atoms with E-state index in [1.165, 1.54) is 12.1 Å². The van der Waals surface area contributed by atoms with Gasteiger partial charge in [-0.3, -0.25) is 0 Å². The van der Waals surface area contributed by atoms with Crippen LogP contribution in [0.25, 0.3) is 0 Å². The number of ether oxygens (including phenoxy) is 1. The van der Waals surface area contributed by atoms with E-state index in [1.54, 1.807) is 0 Å². The van der Waals surface area contributed by atoms with E-state index in [4.69, 9.17) is 10.5 Å². The second-order valence-corrected chi connectivity index (χ2v) is 3.64. The van der Waals surface area contributed by atoms with E-state index in [0.717, 1.165) is 24.4 Å². The van der Waals surface area contributed by atoms with Gasteiger partial charge in [-0.15, -0.1) is 0 Å². The summed E-state index contributed by atoms with van der Waals surface area (Å²) < 4.78 is 56.2. The Morgan fingerprint density at radius 1 is 1.16 bits per heavy atom. The molecule has 100 valence electrons. The van der Waals surface area contributed by atoms with Crippen LogP contribution in [0.1, 0.15) is 5.56 Å². The highest BCUT2D eigenvalue weighted by atomic mass is 19.4. The van der Waals surface area contributed by atoms with Gasteiger partial charge in [-0.25, -0.2) is 9.37 Å². The van der Waals surface area contributed by atoms with Crippen molar-refractivity contribution in [3.8, 4) is 11.6 Å². The van der Waals surface area contributed by atoms with Crippen molar-refractivity contribution in [2.75, 3.05) is 5.73 Å². The highest BCUT2D eigenvalue weighted by Crippen LogP contribution is 2.36. The van der Waals surface area contributed by atoms with Crippen molar-refractivity contribution in [1.82, 2.24) is 4.98 Å². The number of alkyl halides is 3. The number of halogens is 4. The van der Waals surface area contributed by atoms with Gasteiger partial charge in [0.15, 0.2) is 0 Å². The Morgan fingerprint density at radius 2 is 1.89 bits per heavy atom. The number of aromatic nitrogens is 1. The third-order valence-corrected chi connectivity index (χ3v) is 2.26. The molecular formula is C12H8F4N2O. The Labute approximate surface area is 105 Å². The molecule has 0 saturated heterocycles. The number of pyridine rings is 1. The van der Waals surface area contributed by atoms with Crippen molar-refractivity contribution >= 4 is 5.69 Å². The summed E-state index contributed by atoms with van der Waals surface area (Å²) in [7, 11) is 0. The Bertz CT molecular complexity index is 599. The first-order valence-electron chi connectivity index (χ1n) is 5.13. The molecule has 0 spiro atoms. The number of anilines is 1. The lowest BCUT2D eigenvalue weighted by molar-refractivity contribution is -0.138. The van der Waals surface area contributed by atoms with Crippen molar-refractivity contribution in [3.63, 3.8) is 0 Å². The second kappa shape index (κ2) is 4.75. The summed E-state index contributed by atoms with van der Waals surface area (Å²) in [6, 6.07) is 5.31. The number of nitrogen functional groups attached to an aromatic ring is 1. The van der Waals surface area contributed by atoms with Crippen LogP contribution in [-0.2, 0) is 6.18 Å². The molecule has 0 saturated carbocycles. The number of nitrogens with two attached hydrogens (primary N) is 1. The number of rotatable bonds is 2. The Balaban J connectivity index is 2.36. The predicted octanol–water partition coefficient (Wildman–Crippen LogP) is 3.61. The lowest BCUT2D eigenvalue weighted by Crippen LogP contribution is -2.08. The zero-order chi connectivity index (χ0) is 14.0. The van der Waals surface area contributed by atoms with Gasteiger partial charge in [0.1, 0.15) is 17.1 Å². The predicted molar refractivity (Wildman–Crippen MR) is 60.1 cm³/mol. The molecule has 7 heteroatoms. The van der Waals surface area contributed by atoms with Crippen LogP contribution in [0, 0.1) is 5.82 Å². The van der Waals surface area contributed by atoms with Gasteiger partial charge in [-0.1, -0.05) is 0 Å². The van der Waals surface area contributed by atoms with Crippen LogP contribution in [0.5, 0.6) is 11.6 Å². The maximum Gasteiger partial charge on any atom is 0.421 e. The Hall–Kier alpha value is -2.31. The van der Waals surface area contributed by atoms with Crippen LogP contribution in [-0.4, -0.2) is 4.98 Å². The molecule has 19 heavy (non-hydrogen) atoms. The smallest absolute Gasteiger partial charge is 0.421 e. The molecule has 0 atom stereocenters. The maximum absolute atomic E-state index is 13.2. The average Bonchev–Trinajstić information content (AvgIpc) is 2.33. The number of nitrogens with zero attached hydrogens (tertiary/aromatic N) is 1. The van der Waals surface area contributed by atoms with E-state index in [0.29, 0.717) is 0 Å². The fourth-order valence-electron chi connectivity index (χ4n) is 1.37. The highest BCUT2D eigenvalue weighted by molar-refractivity contribution is 5.45. The van der Waals surface area contributed by atoms with E-state index in [9.17, 15) is 17.6 Å². The number of benzene rings is 1. The Kier molecular flexibility index (Phi) is 3.28. The van der Waals surface area contributed by atoms with Gasteiger partial charge >= 0.3 is 6.18 Å². The van der Waals surface area contributed by atoms with Gasteiger partial charge in [-0.2, -0.15) is 13.2 Å². The van der Waals surface area contributed by atoms with Gasteiger partial charge in [0, 0.05) is 12.3 Å². The third kappa shape index (κ3) is 2.93. The average molecular weight is 272 g/mol. The summed E-state index contributed by atoms with van der Waals surface area (Å²) in [4.78, 5) is 3.50. The van der Waals surface area contributed by atoms with Gasteiger partial charge in [0.05, 0.1) is 5.69 Å². The van der Waals surface area contributed by atoms with Crippen molar-refractivity contribution in [1.29, 1.82) is 0 Å². The molecular weight excluding hydrogens is 264 g/mol. The van der Waals surface area contributed by atoms with Gasteiger partial charge in [0.2, 0.25) is 5.88 Å². The van der Waals surface area contributed by atoms with E-state index in [1.807, 2.05) is 0 Å². The van der Waals surface area contributed by atoms with Crippen LogP contribution < -0.4 is 10.5 Å². The molecule has 0 aliphatic heterocycles. The van der Waals surface area contributed by atoms with Gasteiger partial charge in [0.25, 0.3) is 0 Å². The molecule has 1 heterocycles. The summed E-state index contributed by atoms with van der Waals surface area (Å²) in [5, 5.41) is 0. The molecule has 2 rings (SSSR count). The minimum atomic E-state index is -4.60. The number of hydrogen-bond acceptors (Lipinski definition) is 3. The summed E-state index contributed by atoms with van der Waals surface area (Å²) in [5.74, 6) is -1.53. The molecule has 0 aliphatic carbocycles. The van der Waals surface area contributed by atoms with Gasteiger partial charge < -0.3 is 10.5 Å². The molecule has 3 nitrogen and oxygen atoms in total. The molecule has 0 aliphatic rings. The molecule has 0 fully saturated rings. The van der Waals surface area contributed by atoms with E-state index in [2.05, 4.69) is 4.98 Å². The number of hydrogen-bond donors (Lipinski definition) is 1. The van der Waals surface area contributed by atoms with Crippen molar-refractivity contribution < 1.29 is 22.3 Å². The van der Waals surface area contributed by atoms with Crippen molar-refractivity contribution in [2.45, 2.75) is 6.18 Å². The lowest BCUT2D eigenvalue weighted by Gasteiger charge is -2.12. The largest absolute Gasteiger partial charge is 0.438 e. The van der Waals surface area contributed by atoms with Gasteiger partial charge in [-0.05, 0) is 24.3 Å². The summed E-state index contributed by atoms with van der Waals surface area (Å²) in [6.07, 6.45) is -3.45. The van der Waals surface area contributed by atoms with E-state index in [-0.39, 0.29) is 11.4 Å². The van der Waals surface area contributed by atoms with Crippen molar-refractivity contribution in [2.24, 2.45) is 0 Å². The molecule has 0 bridgehead atoms. The minimum absolute atomic E-state index is 0.115. The SMILES string of the molecule is Nc1ccc(Oc2ncccc2C(F)(F)F)cc1F. The highest BCUT2D eigenvalue weighted by Gasteiger charge is 2.35. The molecule has 1 aromatic carbocycles. The summed E-state index contributed by atoms with van der Waals surface area (Å²) in [5.41, 5.74) is 4.10. The van der Waals surface area contributed by atoms with Crippen LogP contribution in [0.3, 0.4) is 0 Å². The fraction of sp³-hybridized carbons (Fsp3) is 0.0833. The fourth-order valence-corrected chi connectivity index (χ4v) is 1.37. The first-order chi connectivity index (χ1) is 8.88. The first-order valence-corrected chi connectivity index (χ1v) is 5.13. The molecule has 2 aromatic rings. The summed E-state index contributed by atoms with van der Waals surface area (Å²) >= 11 is 0. The van der Waals surface area contributed by atoms with Crippen LogP contribution >= 0.6 is 0 Å². The Morgan fingerprint density at radius 3 is 2.53 bits per heavy atom. The minimum Gasteiger partial charge on any atom is -0.438 e. The molecule has 1 aromatic heterocycles. The van der Waals surface area contributed by atoms with Crippen LogP contribution in [0.4, 0.5) is 23.2 Å². The quantitative estimate of drug-likeness (QED) is 0.671. The normalized spacial score (nSPS) is 11.4. The molecule has 0 unspecified atom stereocenters. The summed E-state index contributed by atoms with van der Waals surface area (Å²) in [6.45, 7) is 0. The van der Waals surface area contributed by atoms with E-state index >= 15 is 0 Å². The first kappa shape index (κ1) is 13.1. The topological polar surface area (TPSA) is 48.1 Å². The zero-order valence-corrected chi connectivity index (χ0v) is 9.41. The third-order valence-electron chi connectivity index (χ3n) is 2.26. The van der Waals surface area contributed by atoms with E-state index < -0.39 is 23.4 Å². The van der Waals surface area contributed by atoms with Crippen molar-refractivity contribution in [3.05, 3.63) is 47.9 Å². The zero-order valence-electron chi connectivity index (χ0n) is 9.41. The molecule has 2 N–H and O–H groups in total. The lowest BCUT2D eigenvalue weighted by atomic mass is 10.2. The van der Waals surface area contributed by atoms with Crippen LogP contribution in [0.2, 0.25) is 0 Å². The molecule has 0 radical (unpaired) electrons.